The highest BCUT2D eigenvalue weighted by Crippen LogP contribution is 2.26. The average molecular weight is 382 g/mol. The Bertz CT molecular complexity index is 926. The summed E-state index contributed by atoms with van der Waals surface area (Å²) in [6.07, 6.45) is 2.46. The minimum atomic E-state index is -1.01. The third-order valence-corrected chi connectivity index (χ3v) is 6.04. The van der Waals surface area contributed by atoms with Gasteiger partial charge in [-0.25, -0.2) is 4.79 Å². The molecule has 0 bridgehead atoms. The first kappa shape index (κ1) is 18.5. The molecule has 1 aromatic carbocycles. The van der Waals surface area contributed by atoms with E-state index in [1.54, 1.807) is 4.68 Å². The molecule has 2 heterocycles. The molecule has 1 N–H and O–H groups in total. The Morgan fingerprint density at radius 2 is 1.86 bits per heavy atom. The summed E-state index contributed by atoms with van der Waals surface area (Å²) < 4.78 is 1.62. The Hall–Kier alpha value is -2.83. The lowest BCUT2D eigenvalue weighted by Crippen LogP contribution is -2.50. The number of anilines is 1. The van der Waals surface area contributed by atoms with Gasteiger partial charge < -0.3 is 14.9 Å². The number of amides is 1. The van der Waals surface area contributed by atoms with Crippen molar-refractivity contribution in [2.45, 2.75) is 39.7 Å². The molecule has 2 aromatic rings. The van der Waals surface area contributed by atoms with Gasteiger partial charge in [0.15, 0.2) is 5.69 Å². The number of benzene rings is 1. The van der Waals surface area contributed by atoms with Gasteiger partial charge in [-0.1, -0.05) is 12.1 Å². The third-order valence-electron chi connectivity index (χ3n) is 6.04. The van der Waals surface area contributed by atoms with Crippen LogP contribution in [0.2, 0.25) is 0 Å². The molecule has 1 saturated heterocycles. The van der Waals surface area contributed by atoms with E-state index in [0.717, 1.165) is 43.6 Å². The fourth-order valence-electron chi connectivity index (χ4n) is 4.31. The van der Waals surface area contributed by atoms with Crippen molar-refractivity contribution in [2.24, 2.45) is 0 Å². The Kier molecular flexibility index (Phi) is 4.83. The van der Waals surface area contributed by atoms with Crippen molar-refractivity contribution in [2.75, 3.05) is 31.1 Å². The van der Waals surface area contributed by atoms with Crippen LogP contribution in [0.5, 0.6) is 0 Å². The van der Waals surface area contributed by atoms with Crippen molar-refractivity contribution in [3.63, 3.8) is 0 Å². The fraction of sp³-hybridized carbons (Fsp3) is 0.476. The average Bonchev–Trinajstić information content (AvgIpc) is 3.28. The van der Waals surface area contributed by atoms with Crippen LogP contribution in [0.25, 0.3) is 0 Å². The second-order valence-electron chi connectivity index (χ2n) is 7.68. The number of nitrogens with zero attached hydrogens (tertiary/aromatic N) is 4. The van der Waals surface area contributed by atoms with E-state index in [2.05, 4.69) is 42.0 Å². The number of carboxylic acid groups (broad SMARTS) is 1. The molecule has 0 radical (unpaired) electrons. The van der Waals surface area contributed by atoms with E-state index < -0.39 is 5.97 Å². The molecule has 1 amide bonds. The number of fused-ring (bicyclic) bond motifs is 1. The normalized spacial score (nSPS) is 16.4. The van der Waals surface area contributed by atoms with Gasteiger partial charge in [-0.2, -0.15) is 5.10 Å². The molecule has 7 heteroatoms. The molecule has 1 fully saturated rings. The maximum atomic E-state index is 12.8. The molecule has 1 aliphatic carbocycles. The number of aromatic carboxylic acids is 1. The molecule has 148 valence electrons. The van der Waals surface area contributed by atoms with Gasteiger partial charge in [-0.15, -0.1) is 0 Å². The molecular weight excluding hydrogens is 356 g/mol. The molecule has 2 aliphatic rings. The number of hydrogen-bond donors (Lipinski definition) is 1. The predicted octanol–water partition coefficient (Wildman–Crippen LogP) is 2.04. The highest BCUT2D eigenvalue weighted by Gasteiger charge is 2.28. The third kappa shape index (κ3) is 3.25. The smallest absolute Gasteiger partial charge is 0.356 e. The first-order chi connectivity index (χ1) is 13.5. The van der Waals surface area contributed by atoms with Crippen molar-refractivity contribution in [3.8, 4) is 0 Å². The molecule has 1 aliphatic heterocycles. The van der Waals surface area contributed by atoms with Crippen LogP contribution in [0.4, 0.5) is 5.69 Å². The minimum absolute atomic E-state index is 0.00903. The van der Waals surface area contributed by atoms with Crippen LogP contribution < -0.4 is 4.90 Å². The van der Waals surface area contributed by atoms with E-state index in [0.29, 0.717) is 13.1 Å². The van der Waals surface area contributed by atoms with Crippen molar-refractivity contribution in [1.29, 1.82) is 0 Å². The number of aromatic nitrogens is 2. The lowest BCUT2D eigenvalue weighted by Gasteiger charge is -2.37. The van der Waals surface area contributed by atoms with Gasteiger partial charge in [0, 0.05) is 43.1 Å². The summed E-state index contributed by atoms with van der Waals surface area (Å²) in [5, 5.41) is 13.6. The number of piperazine rings is 1. The SMILES string of the molecule is Cc1cccc(N2CCN(C(=O)Cn3nc(C(=O)O)c4c3CCC4)CC2)c1C. The Morgan fingerprint density at radius 3 is 2.57 bits per heavy atom. The van der Waals surface area contributed by atoms with Gasteiger partial charge in [-0.3, -0.25) is 9.48 Å². The van der Waals surface area contributed by atoms with Gasteiger partial charge in [0.05, 0.1) is 0 Å². The molecule has 4 rings (SSSR count). The van der Waals surface area contributed by atoms with Crippen molar-refractivity contribution in [3.05, 3.63) is 46.3 Å². The Morgan fingerprint density at radius 1 is 1.11 bits per heavy atom. The van der Waals surface area contributed by atoms with E-state index >= 15 is 0 Å². The highest BCUT2D eigenvalue weighted by atomic mass is 16.4. The van der Waals surface area contributed by atoms with Crippen LogP contribution in [0.3, 0.4) is 0 Å². The quantitative estimate of drug-likeness (QED) is 0.875. The Labute approximate surface area is 164 Å². The van der Waals surface area contributed by atoms with Gasteiger partial charge in [0.1, 0.15) is 6.54 Å². The molecule has 7 nitrogen and oxygen atoms in total. The van der Waals surface area contributed by atoms with E-state index in [4.69, 9.17) is 0 Å². The minimum Gasteiger partial charge on any atom is -0.476 e. The van der Waals surface area contributed by atoms with Crippen LogP contribution in [-0.2, 0) is 24.2 Å². The monoisotopic (exact) mass is 382 g/mol. The lowest BCUT2D eigenvalue weighted by atomic mass is 10.1. The number of aryl methyl sites for hydroxylation is 1. The molecule has 0 saturated carbocycles. The van der Waals surface area contributed by atoms with Crippen LogP contribution in [-0.4, -0.2) is 57.8 Å². The van der Waals surface area contributed by atoms with Crippen molar-refractivity contribution in [1.82, 2.24) is 14.7 Å². The van der Waals surface area contributed by atoms with Crippen LogP contribution >= 0.6 is 0 Å². The number of carbonyl (C=O) groups is 2. The number of carboxylic acids is 1. The highest BCUT2D eigenvalue weighted by molar-refractivity contribution is 5.88. The molecule has 0 unspecified atom stereocenters. The summed E-state index contributed by atoms with van der Waals surface area (Å²) in [5.74, 6) is -0.999. The van der Waals surface area contributed by atoms with E-state index in [1.165, 1.54) is 16.8 Å². The predicted molar refractivity (Wildman–Crippen MR) is 106 cm³/mol. The maximum absolute atomic E-state index is 12.8. The maximum Gasteiger partial charge on any atom is 0.356 e. The van der Waals surface area contributed by atoms with Crippen LogP contribution in [0.1, 0.15) is 39.3 Å². The number of hydrogen-bond acceptors (Lipinski definition) is 4. The van der Waals surface area contributed by atoms with Crippen LogP contribution in [0.15, 0.2) is 18.2 Å². The summed E-state index contributed by atoms with van der Waals surface area (Å²) in [5.41, 5.74) is 5.64. The molecule has 0 atom stereocenters. The zero-order chi connectivity index (χ0) is 19.8. The molecule has 0 spiro atoms. The first-order valence-corrected chi connectivity index (χ1v) is 9.86. The second-order valence-corrected chi connectivity index (χ2v) is 7.68. The second kappa shape index (κ2) is 7.30. The number of carbonyl (C=O) groups excluding carboxylic acids is 1. The van der Waals surface area contributed by atoms with E-state index in [1.807, 2.05) is 4.90 Å². The Balaban J connectivity index is 1.42. The van der Waals surface area contributed by atoms with Crippen molar-refractivity contribution < 1.29 is 14.7 Å². The van der Waals surface area contributed by atoms with E-state index in [9.17, 15) is 14.7 Å². The molecular formula is C21H26N4O3. The molecule has 1 aromatic heterocycles. The van der Waals surface area contributed by atoms with Crippen LogP contribution in [0, 0.1) is 13.8 Å². The summed E-state index contributed by atoms with van der Waals surface area (Å²) in [6.45, 7) is 7.32. The fourth-order valence-corrected chi connectivity index (χ4v) is 4.31. The zero-order valence-electron chi connectivity index (χ0n) is 16.4. The topological polar surface area (TPSA) is 78.7 Å². The first-order valence-electron chi connectivity index (χ1n) is 9.86. The van der Waals surface area contributed by atoms with Gasteiger partial charge in [-0.05, 0) is 50.3 Å². The van der Waals surface area contributed by atoms with Gasteiger partial charge in [0.2, 0.25) is 5.91 Å². The summed E-state index contributed by atoms with van der Waals surface area (Å²) in [7, 11) is 0. The standard InChI is InChI=1S/C21H26N4O3/c1-14-5-3-7-17(15(14)2)23-9-11-24(12-10-23)19(26)13-25-18-8-4-6-16(18)20(22-25)21(27)28/h3,5,7H,4,6,8-13H2,1-2H3,(H,27,28). The summed E-state index contributed by atoms with van der Waals surface area (Å²) in [6, 6.07) is 6.33. The summed E-state index contributed by atoms with van der Waals surface area (Å²) >= 11 is 0. The number of rotatable bonds is 4. The summed E-state index contributed by atoms with van der Waals surface area (Å²) in [4.78, 5) is 28.4. The van der Waals surface area contributed by atoms with Gasteiger partial charge >= 0.3 is 5.97 Å². The van der Waals surface area contributed by atoms with E-state index in [-0.39, 0.29) is 18.1 Å². The lowest BCUT2D eigenvalue weighted by molar-refractivity contribution is -0.132. The molecule has 28 heavy (non-hydrogen) atoms. The van der Waals surface area contributed by atoms with Crippen molar-refractivity contribution >= 4 is 17.6 Å². The largest absolute Gasteiger partial charge is 0.476 e. The van der Waals surface area contributed by atoms with Gasteiger partial charge in [0.25, 0.3) is 0 Å². The zero-order valence-corrected chi connectivity index (χ0v) is 16.4.